The average Bonchev–Trinajstić information content (AvgIpc) is 2.77. The summed E-state index contributed by atoms with van der Waals surface area (Å²) >= 11 is 3.37. The minimum atomic E-state index is -1.08. The summed E-state index contributed by atoms with van der Waals surface area (Å²) in [6.45, 7) is 5.27. The van der Waals surface area contributed by atoms with Gasteiger partial charge in [-0.1, -0.05) is 6.08 Å². The number of ether oxygens (including phenoxy) is 2. The van der Waals surface area contributed by atoms with Gasteiger partial charge < -0.3 is 20.3 Å². The Labute approximate surface area is 205 Å². The summed E-state index contributed by atoms with van der Waals surface area (Å²) in [6.07, 6.45) is 9.79. The highest BCUT2D eigenvalue weighted by molar-refractivity contribution is 9.10. The minimum absolute atomic E-state index is 0.110. The summed E-state index contributed by atoms with van der Waals surface area (Å²) in [6, 6.07) is 8.78. The number of aromatic nitrogens is 1. The molecule has 0 bridgehead atoms. The number of nitrogens with two attached hydrogens (primary N) is 1. The van der Waals surface area contributed by atoms with E-state index in [4.69, 9.17) is 15.2 Å². The lowest BCUT2D eigenvalue weighted by molar-refractivity contribution is 0.0727. The number of amidine groups is 1. The zero-order chi connectivity index (χ0) is 24.4. The molecule has 176 valence electrons. The van der Waals surface area contributed by atoms with Gasteiger partial charge in [0.1, 0.15) is 23.4 Å². The number of benzene rings is 1. The molecule has 1 heterocycles. The molecule has 0 spiro atoms. The SMILES string of the molecule is C\C=C(/C=C(\C=C(/C)OC(C)CO)Oc1ccc(S(C)=O)cc1)C(N)=Nc1cncc(Br)c1. The van der Waals surface area contributed by atoms with Crippen molar-refractivity contribution >= 4 is 38.3 Å². The number of aliphatic hydroxyl groups excluding tert-OH is 1. The van der Waals surface area contributed by atoms with E-state index in [1.54, 1.807) is 68.9 Å². The van der Waals surface area contributed by atoms with E-state index < -0.39 is 10.8 Å². The maximum atomic E-state index is 11.7. The summed E-state index contributed by atoms with van der Waals surface area (Å²) in [5, 5.41) is 9.27. The lowest BCUT2D eigenvalue weighted by Crippen LogP contribution is -2.14. The van der Waals surface area contributed by atoms with Crippen molar-refractivity contribution in [1.82, 2.24) is 4.98 Å². The predicted molar refractivity (Wildman–Crippen MR) is 136 cm³/mol. The van der Waals surface area contributed by atoms with Gasteiger partial charge in [-0.3, -0.25) is 9.19 Å². The van der Waals surface area contributed by atoms with Crippen molar-refractivity contribution < 1.29 is 18.8 Å². The van der Waals surface area contributed by atoms with E-state index in [2.05, 4.69) is 25.9 Å². The Balaban J connectivity index is 2.40. The molecule has 0 saturated heterocycles. The average molecular weight is 534 g/mol. The predicted octanol–water partition coefficient (Wildman–Crippen LogP) is 4.78. The second-order valence-corrected chi connectivity index (χ2v) is 9.34. The van der Waals surface area contributed by atoms with Gasteiger partial charge in [0, 0.05) is 44.3 Å². The van der Waals surface area contributed by atoms with Crippen LogP contribution < -0.4 is 10.5 Å². The van der Waals surface area contributed by atoms with E-state index in [1.165, 1.54) is 0 Å². The summed E-state index contributed by atoms with van der Waals surface area (Å²) in [4.78, 5) is 9.24. The molecule has 1 aromatic carbocycles. The van der Waals surface area contributed by atoms with Crippen molar-refractivity contribution in [2.24, 2.45) is 10.7 Å². The van der Waals surface area contributed by atoms with Crippen LogP contribution in [0.4, 0.5) is 5.69 Å². The maximum absolute atomic E-state index is 11.7. The molecule has 1 aromatic heterocycles. The molecule has 9 heteroatoms. The lowest BCUT2D eigenvalue weighted by atomic mass is 10.2. The number of aliphatic imine (C=N–C) groups is 1. The number of rotatable bonds is 10. The molecular weight excluding hydrogens is 506 g/mol. The van der Waals surface area contributed by atoms with Gasteiger partial charge in [-0.05, 0) is 73.1 Å². The van der Waals surface area contributed by atoms with Gasteiger partial charge in [-0.25, -0.2) is 4.99 Å². The van der Waals surface area contributed by atoms with Gasteiger partial charge in [-0.2, -0.15) is 0 Å². The summed E-state index contributed by atoms with van der Waals surface area (Å²) < 4.78 is 24.2. The Bertz CT molecular complexity index is 1100. The zero-order valence-corrected chi connectivity index (χ0v) is 21.4. The van der Waals surface area contributed by atoms with Crippen molar-refractivity contribution in [1.29, 1.82) is 0 Å². The van der Waals surface area contributed by atoms with Crippen molar-refractivity contribution in [2.45, 2.75) is 31.8 Å². The third kappa shape index (κ3) is 8.95. The van der Waals surface area contributed by atoms with Crippen molar-refractivity contribution in [2.75, 3.05) is 12.9 Å². The summed E-state index contributed by atoms with van der Waals surface area (Å²) in [5.74, 6) is 1.83. The van der Waals surface area contributed by atoms with Crippen LogP contribution >= 0.6 is 15.9 Å². The Morgan fingerprint density at radius 2 is 2.00 bits per heavy atom. The number of pyridine rings is 1. The van der Waals surface area contributed by atoms with Crippen LogP contribution in [-0.2, 0) is 15.5 Å². The normalized spacial score (nSPS) is 15.2. The number of halogens is 1. The number of allylic oxidation sites excluding steroid dienone is 3. The summed E-state index contributed by atoms with van der Waals surface area (Å²) in [7, 11) is -1.08. The molecule has 0 aliphatic heterocycles. The molecule has 0 saturated carbocycles. The van der Waals surface area contributed by atoms with Crippen molar-refractivity contribution in [3.63, 3.8) is 0 Å². The van der Waals surface area contributed by atoms with Crippen molar-refractivity contribution in [3.8, 4) is 5.75 Å². The molecule has 0 fully saturated rings. The summed E-state index contributed by atoms with van der Waals surface area (Å²) in [5.41, 5.74) is 7.50. The smallest absolute Gasteiger partial charge is 0.131 e. The largest absolute Gasteiger partial charge is 0.493 e. The fourth-order valence-electron chi connectivity index (χ4n) is 2.65. The van der Waals surface area contributed by atoms with Gasteiger partial charge in [0.2, 0.25) is 0 Å². The third-order valence-electron chi connectivity index (χ3n) is 4.23. The molecule has 3 N–H and O–H groups in total. The van der Waals surface area contributed by atoms with Crippen LogP contribution in [0.15, 0.2) is 92.4 Å². The molecule has 2 unspecified atom stereocenters. The van der Waals surface area contributed by atoms with Crippen LogP contribution in [0.1, 0.15) is 20.8 Å². The maximum Gasteiger partial charge on any atom is 0.131 e. The standard InChI is InChI=1S/C24H28BrN3O4S/c1-5-18(24(26)28-20-12-19(25)13-27-14-20)11-22(10-16(2)31-17(3)15-29)32-21-6-8-23(9-7-21)33(4)30/h5-14,17,29H,15H2,1-4H3,(H2,26,28)/b16-10+,18-5+,22-11+. The molecule has 0 amide bonds. The number of nitrogens with zero attached hydrogens (tertiary/aromatic N) is 2. The van der Waals surface area contributed by atoms with E-state index in [-0.39, 0.29) is 18.5 Å². The molecule has 2 aromatic rings. The van der Waals surface area contributed by atoms with Gasteiger partial charge in [-0.15, -0.1) is 0 Å². The fraction of sp³-hybridized carbons (Fsp3) is 0.250. The minimum Gasteiger partial charge on any atom is -0.493 e. The quantitative estimate of drug-likeness (QED) is 0.197. The molecule has 2 rings (SSSR count). The molecule has 33 heavy (non-hydrogen) atoms. The molecule has 0 radical (unpaired) electrons. The van der Waals surface area contributed by atoms with Gasteiger partial charge in [0.25, 0.3) is 0 Å². The fourth-order valence-corrected chi connectivity index (χ4v) is 3.52. The van der Waals surface area contributed by atoms with Crippen LogP contribution in [0, 0.1) is 0 Å². The monoisotopic (exact) mass is 533 g/mol. The van der Waals surface area contributed by atoms with Gasteiger partial charge >= 0.3 is 0 Å². The number of hydrogen-bond acceptors (Lipinski definition) is 6. The molecular formula is C24H28BrN3O4S. The third-order valence-corrected chi connectivity index (χ3v) is 5.60. The molecule has 7 nitrogen and oxygen atoms in total. The van der Waals surface area contributed by atoms with E-state index in [0.29, 0.717) is 33.4 Å². The molecule has 2 atom stereocenters. The highest BCUT2D eigenvalue weighted by atomic mass is 79.9. The Hall–Kier alpha value is -2.75. The van der Waals surface area contributed by atoms with Crippen LogP contribution in [0.2, 0.25) is 0 Å². The Morgan fingerprint density at radius 1 is 1.30 bits per heavy atom. The van der Waals surface area contributed by atoms with Crippen LogP contribution in [0.25, 0.3) is 0 Å². The van der Waals surface area contributed by atoms with E-state index in [9.17, 15) is 9.32 Å². The topological polar surface area (TPSA) is 107 Å². The van der Waals surface area contributed by atoms with E-state index in [0.717, 1.165) is 4.47 Å². The first-order valence-corrected chi connectivity index (χ1v) is 12.5. The molecule has 0 aliphatic carbocycles. The van der Waals surface area contributed by atoms with E-state index in [1.807, 2.05) is 19.1 Å². The van der Waals surface area contributed by atoms with Crippen LogP contribution in [-0.4, -0.2) is 39.1 Å². The number of hydrogen-bond donors (Lipinski definition) is 2. The number of aliphatic hydroxyl groups is 1. The first-order chi connectivity index (χ1) is 15.7. The van der Waals surface area contributed by atoms with Gasteiger partial charge in [0.15, 0.2) is 0 Å². The van der Waals surface area contributed by atoms with Crippen molar-refractivity contribution in [3.05, 3.63) is 82.5 Å². The second-order valence-electron chi connectivity index (χ2n) is 7.04. The zero-order valence-electron chi connectivity index (χ0n) is 19.0. The lowest BCUT2D eigenvalue weighted by Gasteiger charge is -2.14. The second kappa shape index (κ2) is 13.1. The van der Waals surface area contributed by atoms with Crippen LogP contribution in [0.3, 0.4) is 0 Å². The Kier molecular flexibility index (Phi) is 10.5. The highest BCUT2D eigenvalue weighted by Gasteiger charge is 2.08. The van der Waals surface area contributed by atoms with E-state index >= 15 is 0 Å². The van der Waals surface area contributed by atoms with Crippen LogP contribution in [0.5, 0.6) is 5.75 Å². The first kappa shape index (κ1) is 26.5. The highest BCUT2D eigenvalue weighted by Crippen LogP contribution is 2.21. The van der Waals surface area contributed by atoms with Gasteiger partial charge in [0.05, 0.1) is 24.3 Å². The molecule has 0 aliphatic rings. The Morgan fingerprint density at radius 3 is 2.58 bits per heavy atom. The first-order valence-electron chi connectivity index (χ1n) is 10.1.